The molecule has 0 amide bonds. The minimum atomic E-state index is -3.66. The van der Waals surface area contributed by atoms with Crippen LogP contribution in [0.1, 0.15) is 25.5 Å². The predicted molar refractivity (Wildman–Crippen MR) is 109 cm³/mol. The van der Waals surface area contributed by atoms with E-state index in [0.717, 1.165) is 5.56 Å². The van der Waals surface area contributed by atoms with Crippen LogP contribution >= 0.6 is 0 Å². The van der Waals surface area contributed by atoms with Crippen molar-refractivity contribution in [3.63, 3.8) is 0 Å². The Morgan fingerprint density at radius 3 is 2.15 bits per heavy atom. The van der Waals surface area contributed by atoms with Gasteiger partial charge in [0.25, 0.3) is 10.0 Å². The number of hydrogen-bond acceptors (Lipinski definition) is 4. The molecule has 0 saturated carbocycles. The molecular weight excluding hydrogens is 358 g/mol. The fourth-order valence-corrected chi connectivity index (χ4v) is 4.30. The maximum Gasteiger partial charge on any atom is 0.265 e. The molecule has 1 heterocycles. The molecule has 0 bridgehead atoms. The third kappa shape index (κ3) is 4.28. The van der Waals surface area contributed by atoms with Gasteiger partial charge in [-0.05, 0) is 43.7 Å². The Morgan fingerprint density at radius 1 is 0.963 bits per heavy atom. The van der Waals surface area contributed by atoms with Crippen LogP contribution in [0.2, 0.25) is 0 Å². The molecular formula is C21H23N3O2S. The lowest BCUT2D eigenvalue weighted by Gasteiger charge is -2.23. The first-order valence-electron chi connectivity index (χ1n) is 8.87. The van der Waals surface area contributed by atoms with Gasteiger partial charge in [0.2, 0.25) is 0 Å². The van der Waals surface area contributed by atoms with Crippen LogP contribution in [0.25, 0.3) is 0 Å². The zero-order valence-electron chi connectivity index (χ0n) is 15.4. The van der Waals surface area contributed by atoms with Crippen LogP contribution in [0.4, 0.5) is 11.5 Å². The summed E-state index contributed by atoms with van der Waals surface area (Å²) in [5.74, 6) is 0.632. The van der Waals surface area contributed by atoms with Crippen molar-refractivity contribution in [1.82, 2.24) is 4.98 Å². The molecule has 3 rings (SSSR count). The number of pyridine rings is 1. The Hall–Kier alpha value is -2.86. The summed E-state index contributed by atoms with van der Waals surface area (Å²) in [7, 11) is -3.66. The van der Waals surface area contributed by atoms with Gasteiger partial charge in [-0.1, -0.05) is 48.5 Å². The van der Waals surface area contributed by atoms with Crippen molar-refractivity contribution in [2.75, 3.05) is 16.2 Å². The number of para-hydroxylation sites is 1. The molecule has 0 fully saturated rings. The standard InChI is InChI=1S/C21H23N3O2S/c1-3-24(19-12-8-5-9-13-19)27(25,26)20-14-15-21(22-16-20)23-17(2)18-10-6-4-7-11-18/h4-17H,3H2,1-2H3,(H,22,23). The van der Waals surface area contributed by atoms with Gasteiger partial charge in [-0.2, -0.15) is 0 Å². The van der Waals surface area contributed by atoms with Gasteiger partial charge in [0.15, 0.2) is 0 Å². The normalized spacial score (nSPS) is 12.4. The minimum Gasteiger partial charge on any atom is -0.364 e. The summed E-state index contributed by atoms with van der Waals surface area (Å²) in [6.45, 7) is 4.20. The number of hydrogen-bond donors (Lipinski definition) is 1. The fraction of sp³-hybridized carbons (Fsp3) is 0.190. The van der Waals surface area contributed by atoms with Crippen molar-refractivity contribution in [3.05, 3.63) is 84.6 Å². The SMILES string of the molecule is CCN(c1ccccc1)S(=O)(=O)c1ccc(NC(C)c2ccccc2)nc1. The van der Waals surface area contributed by atoms with Crippen LogP contribution in [0.3, 0.4) is 0 Å². The van der Waals surface area contributed by atoms with Crippen molar-refractivity contribution in [2.45, 2.75) is 24.8 Å². The summed E-state index contributed by atoms with van der Waals surface area (Å²) >= 11 is 0. The number of rotatable bonds is 7. The second-order valence-corrected chi connectivity index (χ2v) is 8.02. The fourth-order valence-electron chi connectivity index (χ4n) is 2.88. The van der Waals surface area contributed by atoms with Gasteiger partial charge in [0.1, 0.15) is 10.7 Å². The summed E-state index contributed by atoms with van der Waals surface area (Å²) in [6.07, 6.45) is 1.40. The van der Waals surface area contributed by atoms with E-state index in [1.54, 1.807) is 24.3 Å². The molecule has 0 aliphatic rings. The van der Waals surface area contributed by atoms with E-state index in [9.17, 15) is 8.42 Å². The summed E-state index contributed by atoms with van der Waals surface area (Å²) < 4.78 is 27.3. The Kier molecular flexibility index (Phi) is 5.76. The second kappa shape index (κ2) is 8.22. The predicted octanol–water partition coefficient (Wildman–Crippen LogP) is 4.47. The van der Waals surface area contributed by atoms with E-state index >= 15 is 0 Å². The quantitative estimate of drug-likeness (QED) is 0.656. The van der Waals surface area contributed by atoms with E-state index in [4.69, 9.17) is 0 Å². The molecule has 0 saturated heterocycles. The molecule has 1 unspecified atom stereocenters. The Bertz CT molecular complexity index is 959. The van der Waals surface area contributed by atoms with Gasteiger partial charge in [-0.15, -0.1) is 0 Å². The highest BCUT2D eigenvalue weighted by atomic mass is 32.2. The lowest BCUT2D eigenvalue weighted by atomic mass is 10.1. The first kappa shape index (κ1) is 18.9. The number of benzene rings is 2. The first-order chi connectivity index (χ1) is 13.0. The Labute approximate surface area is 160 Å². The minimum absolute atomic E-state index is 0.0672. The highest BCUT2D eigenvalue weighted by Gasteiger charge is 2.23. The maximum atomic E-state index is 13.0. The van der Waals surface area contributed by atoms with E-state index < -0.39 is 10.0 Å². The summed E-state index contributed by atoms with van der Waals surface area (Å²) in [5, 5.41) is 3.29. The number of sulfonamides is 1. The van der Waals surface area contributed by atoms with Gasteiger partial charge in [0, 0.05) is 18.8 Å². The molecule has 2 aromatic carbocycles. The number of anilines is 2. The van der Waals surface area contributed by atoms with Gasteiger partial charge in [0.05, 0.1) is 5.69 Å². The van der Waals surface area contributed by atoms with E-state index in [1.807, 2.05) is 62.4 Å². The lowest BCUT2D eigenvalue weighted by molar-refractivity contribution is 0.591. The van der Waals surface area contributed by atoms with Crippen LogP contribution in [0.15, 0.2) is 83.9 Å². The zero-order chi connectivity index (χ0) is 19.3. The second-order valence-electron chi connectivity index (χ2n) is 6.16. The van der Waals surface area contributed by atoms with Crippen molar-refractivity contribution in [2.24, 2.45) is 0 Å². The molecule has 6 heteroatoms. The largest absolute Gasteiger partial charge is 0.364 e. The highest BCUT2D eigenvalue weighted by Crippen LogP contribution is 2.24. The van der Waals surface area contributed by atoms with Crippen molar-refractivity contribution >= 4 is 21.5 Å². The van der Waals surface area contributed by atoms with Gasteiger partial charge in [-0.3, -0.25) is 4.31 Å². The molecule has 3 aromatic rings. The third-order valence-corrected chi connectivity index (χ3v) is 6.21. The molecule has 0 radical (unpaired) electrons. The number of aromatic nitrogens is 1. The zero-order valence-corrected chi connectivity index (χ0v) is 16.2. The molecule has 0 aliphatic carbocycles. The summed E-state index contributed by atoms with van der Waals surface area (Å²) in [4.78, 5) is 4.48. The van der Waals surface area contributed by atoms with Crippen LogP contribution in [0.5, 0.6) is 0 Å². The lowest BCUT2D eigenvalue weighted by Crippen LogP contribution is -2.30. The molecule has 1 N–H and O–H groups in total. The monoisotopic (exact) mass is 381 g/mol. The van der Waals surface area contributed by atoms with Crippen LogP contribution < -0.4 is 9.62 Å². The van der Waals surface area contributed by atoms with E-state index in [2.05, 4.69) is 10.3 Å². The van der Waals surface area contributed by atoms with Crippen LogP contribution in [0, 0.1) is 0 Å². The molecule has 0 spiro atoms. The van der Waals surface area contributed by atoms with E-state index in [-0.39, 0.29) is 10.9 Å². The molecule has 140 valence electrons. The first-order valence-corrected chi connectivity index (χ1v) is 10.3. The molecule has 1 aromatic heterocycles. The van der Waals surface area contributed by atoms with Crippen molar-refractivity contribution in [3.8, 4) is 0 Å². The van der Waals surface area contributed by atoms with Crippen molar-refractivity contribution in [1.29, 1.82) is 0 Å². The summed E-state index contributed by atoms with van der Waals surface area (Å²) in [6, 6.07) is 22.5. The van der Waals surface area contributed by atoms with Gasteiger partial charge >= 0.3 is 0 Å². The molecule has 5 nitrogen and oxygen atoms in total. The van der Waals surface area contributed by atoms with Gasteiger partial charge < -0.3 is 5.32 Å². The Balaban J connectivity index is 1.79. The topological polar surface area (TPSA) is 62.3 Å². The van der Waals surface area contributed by atoms with Crippen LogP contribution in [-0.4, -0.2) is 19.9 Å². The molecule has 0 aliphatic heterocycles. The average molecular weight is 382 g/mol. The summed E-state index contributed by atoms with van der Waals surface area (Å²) in [5.41, 5.74) is 1.78. The number of nitrogens with one attached hydrogen (secondary N) is 1. The van der Waals surface area contributed by atoms with Crippen molar-refractivity contribution < 1.29 is 8.42 Å². The van der Waals surface area contributed by atoms with E-state index in [0.29, 0.717) is 18.1 Å². The Morgan fingerprint density at radius 2 is 1.59 bits per heavy atom. The van der Waals surface area contributed by atoms with Crippen LogP contribution in [-0.2, 0) is 10.0 Å². The van der Waals surface area contributed by atoms with Gasteiger partial charge in [-0.25, -0.2) is 13.4 Å². The smallest absolute Gasteiger partial charge is 0.265 e. The number of nitrogens with zero attached hydrogens (tertiary/aromatic N) is 2. The highest BCUT2D eigenvalue weighted by molar-refractivity contribution is 7.92. The molecule has 1 atom stereocenters. The third-order valence-electron chi connectivity index (χ3n) is 4.32. The molecule has 27 heavy (non-hydrogen) atoms. The van der Waals surface area contributed by atoms with E-state index in [1.165, 1.54) is 10.5 Å². The maximum absolute atomic E-state index is 13.0. The average Bonchev–Trinajstić information content (AvgIpc) is 2.70.